The van der Waals surface area contributed by atoms with Crippen LogP contribution in [-0.4, -0.2) is 19.4 Å². The summed E-state index contributed by atoms with van der Waals surface area (Å²) in [6.45, 7) is 0. The molecule has 128 valence electrons. The maximum absolute atomic E-state index is 12.6. The second kappa shape index (κ2) is 6.39. The van der Waals surface area contributed by atoms with Crippen molar-refractivity contribution in [3.05, 3.63) is 69.5 Å². The van der Waals surface area contributed by atoms with E-state index in [4.69, 9.17) is 0 Å². The molecule has 0 saturated carbocycles. The van der Waals surface area contributed by atoms with Crippen LogP contribution in [-0.2, 0) is 5.75 Å². The Hall–Kier alpha value is -2.42. The van der Waals surface area contributed by atoms with E-state index in [1.165, 1.54) is 23.1 Å². The molecule has 0 aliphatic rings. The first-order chi connectivity index (χ1) is 12.8. The quantitative estimate of drug-likeness (QED) is 0.355. The van der Waals surface area contributed by atoms with Crippen LogP contribution in [0.25, 0.3) is 26.3 Å². The van der Waals surface area contributed by atoms with Crippen molar-refractivity contribution in [3.63, 3.8) is 0 Å². The topological polar surface area (TPSA) is 63.0 Å². The lowest BCUT2D eigenvalue weighted by atomic mass is 10.2. The van der Waals surface area contributed by atoms with Gasteiger partial charge in [0.05, 0.1) is 11.1 Å². The Morgan fingerprint density at radius 3 is 2.96 bits per heavy atom. The summed E-state index contributed by atoms with van der Waals surface area (Å²) in [7, 11) is 0. The first kappa shape index (κ1) is 15.8. The number of aromatic nitrogens is 4. The molecule has 0 amide bonds. The number of aromatic amines is 1. The lowest BCUT2D eigenvalue weighted by molar-refractivity contribution is 0.978. The van der Waals surface area contributed by atoms with E-state index in [9.17, 15) is 4.79 Å². The molecule has 26 heavy (non-hydrogen) atoms. The minimum atomic E-state index is -0.0860. The van der Waals surface area contributed by atoms with Gasteiger partial charge in [-0.05, 0) is 23.6 Å². The zero-order valence-electron chi connectivity index (χ0n) is 13.4. The number of rotatable bonds is 4. The number of imidazole rings is 1. The standard InChI is InChI=1S/C18H12N4OS3/c23-16-15-12(13-4-3-7-24-13)10-25-17(15)21-18(20-16)26-9-11-8-22-6-2-1-5-14(22)19-11/h1-8,10H,9H2,(H,20,21,23). The van der Waals surface area contributed by atoms with Gasteiger partial charge in [0.25, 0.3) is 5.56 Å². The van der Waals surface area contributed by atoms with Gasteiger partial charge in [-0.2, -0.15) is 0 Å². The summed E-state index contributed by atoms with van der Waals surface area (Å²) in [5.41, 5.74) is 2.75. The molecule has 0 fully saturated rings. The molecule has 0 aliphatic heterocycles. The third kappa shape index (κ3) is 2.76. The van der Waals surface area contributed by atoms with Crippen LogP contribution < -0.4 is 5.56 Å². The molecule has 0 bridgehead atoms. The van der Waals surface area contributed by atoms with Gasteiger partial charge in [0.15, 0.2) is 5.16 Å². The number of hydrogen-bond acceptors (Lipinski definition) is 6. The number of pyridine rings is 1. The van der Waals surface area contributed by atoms with Gasteiger partial charge in [0.2, 0.25) is 0 Å². The van der Waals surface area contributed by atoms with Crippen LogP contribution in [0.1, 0.15) is 5.69 Å². The molecule has 5 nitrogen and oxygen atoms in total. The zero-order valence-corrected chi connectivity index (χ0v) is 15.8. The highest BCUT2D eigenvalue weighted by Gasteiger charge is 2.14. The number of H-pyrrole nitrogens is 1. The van der Waals surface area contributed by atoms with Crippen molar-refractivity contribution >= 4 is 50.3 Å². The number of thioether (sulfide) groups is 1. The first-order valence-corrected chi connectivity index (χ1v) is 10.6. The van der Waals surface area contributed by atoms with Crippen LogP contribution in [0.5, 0.6) is 0 Å². The molecule has 5 aromatic heterocycles. The predicted molar refractivity (Wildman–Crippen MR) is 108 cm³/mol. The van der Waals surface area contributed by atoms with E-state index < -0.39 is 0 Å². The maximum Gasteiger partial charge on any atom is 0.260 e. The summed E-state index contributed by atoms with van der Waals surface area (Å²) in [6.07, 6.45) is 3.97. The molecular weight excluding hydrogens is 384 g/mol. The van der Waals surface area contributed by atoms with Gasteiger partial charge < -0.3 is 9.38 Å². The van der Waals surface area contributed by atoms with E-state index in [2.05, 4.69) is 15.0 Å². The van der Waals surface area contributed by atoms with E-state index in [0.717, 1.165) is 26.6 Å². The molecule has 0 radical (unpaired) electrons. The third-order valence-corrected chi connectivity index (χ3v) is 6.66. The molecule has 0 aromatic carbocycles. The third-order valence-electron chi connectivity index (χ3n) is 3.98. The number of thiophene rings is 2. The zero-order chi connectivity index (χ0) is 17.5. The second-order valence-corrected chi connectivity index (χ2v) is 8.43. The summed E-state index contributed by atoms with van der Waals surface area (Å²) in [5, 5.41) is 5.32. The Kier molecular flexibility index (Phi) is 3.88. The summed E-state index contributed by atoms with van der Waals surface area (Å²) in [4.78, 5) is 26.6. The predicted octanol–water partition coefficient (Wildman–Crippen LogP) is 4.65. The SMILES string of the molecule is O=c1[nH]c(SCc2cn3ccccc3n2)nc2scc(-c3cccs3)c12. The monoisotopic (exact) mass is 396 g/mol. The lowest BCUT2D eigenvalue weighted by Crippen LogP contribution is -2.08. The molecule has 5 rings (SSSR count). The van der Waals surface area contributed by atoms with Crippen molar-refractivity contribution in [2.24, 2.45) is 0 Å². The van der Waals surface area contributed by atoms with Gasteiger partial charge in [-0.3, -0.25) is 4.79 Å². The normalized spacial score (nSPS) is 11.5. The van der Waals surface area contributed by atoms with Crippen molar-refractivity contribution in [1.82, 2.24) is 19.4 Å². The summed E-state index contributed by atoms with van der Waals surface area (Å²) in [6, 6.07) is 9.93. The number of hydrogen-bond donors (Lipinski definition) is 1. The minimum absolute atomic E-state index is 0.0860. The van der Waals surface area contributed by atoms with Crippen LogP contribution in [0.3, 0.4) is 0 Å². The van der Waals surface area contributed by atoms with Crippen molar-refractivity contribution in [2.75, 3.05) is 0 Å². The van der Waals surface area contributed by atoms with Crippen molar-refractivity contribution < 1.29 is 0 Å². The highest BCUT2D eigenvalue weighted by atomic mass is 32.2. The first-order valence-electron chi connectivity index (χ1n) is 7.89. The van der Waals surface area contributed by atoms with Crippen LogP contribution in [0, 0.1) is 0 Å². The number of nitrogens with one attached hydrogen (secondary N) is 1. The fraction of sp³-hybridized carbons (Fsp3) is 0.0556. The fourth-order valence-electron chi connectivity index (χ4n) is 2.81. The van der Waals surface area contributed by atoms with Gasteiger partial charge in [0.1, 0.15) is 10.5 Å². The van der Waals surface area contributed by atoms with Crippen molar-refractivity contribution in [2.45, 2.75) is 10.9 Å². The second-order valence-electron chi connectivity index (χ2n) is 5.66. The number of fused-ring (bicyclic) bond motifs is 2. The van der Waals surface area contributed by atoms with E-state index >= 15 is 0 Å². The fourth-order valence-corrected chi connectivity index (χ4v) is 5.37. The molecule has 5 aromatic rings. The van der Waals surface area contributed by atoms with Gasteiger partial charge >= 0.3 is 0 Å². The molecule has 1 N–H and O–H groups in total. The van der Waals surface area contributed by atoms with Gasteiger partial charge in [-0.1, -0.05) is 23.9 Å². The van der Waals surface area contributed by atoms with E-state index in [0.29, 0.717) is 16.3 Å². The maximum atomic E-state index is 12.6. The largest absolute Gasteiger partial charge is 0.307 e. The van der Waals surface area contributed by atoms with E-state index in [-0.39, 0.29) is 5.56 Å². The lowest BCUT2D eigenvalue weighted by Gasteiger charge is -2.00. The van der Waals surface area contributed by atoms with Gasteiger partial charge in [0, 0.05) is 34.0 Å². The summed E-state index contributed by atoms with van der Waals surface area (Å²) in [5.74, 6) is 0.652. The molecule has 0 saturated heterocycles. The Labute approximate surface area is 160 Å². The average Bonchev–Trinajstić information content (AvgIpc) is 3.37. The van der Waals surface area contributed by atoms with E-state index in [1.54, 1.807) is 11.3 Å². The van der Waals surface area contributed by atoms with Gasteiger partial charge in [-0.15, -0.1) is 22.7 Å². The van der Waals surface area contributed by atoms with Crippen LogP contribution in [0.15, 0.2) is 63.4 Å². The molecule has 0 atom stereocenters. The molecular formula is C18H12N4OS3. The number of nitrogens with zero attached hydrogens (tertiary/aromatic N) is 3. The highest BCUT2D eigenvalue weighted by molar-refractivity contribution is 7.98. The summed E-state index contributed by atoms with van der Waals surface area (Å²) >= 11 is 4.63. The smallest absolute Gasteiger partial charge is 0.260 e. The van der Waals surface area contributed by atoms with Gasteiger partial charge in [-0.25, -0.2) is 9.97 Å². The molecule has 0 aliphatic carbocycles. The van der Waals surface area contributed by atoms with Crippen LogP contribution in [0.4, 0.5) is 0 Å². The Balaban J connectivity index is 1.45. The van der Waals surface area contributed by atoms with Crippen molar-refractivity contribution in [1.29, 1.82) is 0 Å². The Morgan fingerprint density at radius 1 is 1.15 bits per heavy atom. The minimum Gasteiger partial charge on any atom is -0.307 e. The molecule has 5 heterocycles. The Bertz CT molecular complexity index is 1230. The Morgan fingerprint density at radius 2 is 2.12 bits per heavy atom. The van der Waals surface area contributed by atoms with Crippen LogP contribution in [0.2, 0.25) is 0 Å². The average molecular weight is 397 g/mol. The van der Waals surface area contributed by atoms with Crippen molar-refractivity contribution in [3.8, 4) is 10.4 Å². The summed E-state index contributed by atoms with van der Waals surface area (Å²) < 4.78 is 1.99. The van der Waals surface area contributed by atoms with Crippen LogP contribution >= 0.6 is 34.4 Å². The van der Waals surface area contributed by atoms with E-state index in [1.807, 2.05) is 57.9 Å². The highest BCUT2D eigenvalue weighted by Crippen LogP contribution is 2.34. The molecule has 8 heteroatoms. The molecule has 0 unspecified atom stereocenters. The molecule has 0 spiro atoms.